The lowest BCUT2D eigenvalue weighted by Crippen LogP contribution is -2.37. The van der Waals surface area contributed by atoms with Crippen LogP contribution in [0.2, 0.25) is 0 Å². The summed E-state index contributed by atoms with van der Waals surface area (Å²) in [6.45, 7) is 5.13. The summed E-state index contributed by atoms with van der Waals surface area (Å²) in [6, 6.07) is 9.33. The van der Waals surface area contributed by atoms with Crippen molar-refractivity contribution in [3.05, 3.63) is 29.8 Å². The van der Waals surface area contributed by atoms with Gasteiger partial charge in [0.25, 0.3) is 0 Å². The maximum Gasteiger partial charge on any atom is 0.122 e. The van der Waals surface area contributed by atoms with Crippen LogP contribution in [0.3, 0.4) is 0 Å². The van der Waals surface area contributed by atoms with Gasteiger partial charge in [-0.2, -0.15) is 0 Å². The van der Waals surface area contributed by atoms with Crippen LogP contribution in [0.5, 0.6) is 5.75 Å². The van der Waals surface area contributed by atoms with Gasteiger partial charge in [-0.1, -0.05) is 18.2 Å². The Balaban J connectivity index is 1.41. The number of rotatable bonds is 6. The van der Waals surface area contributed by atoms with E-state index in [2.05, 4.69) is 41.1 Å². The molecule has 3 rings (SSSR count). The Morgan fingerprint density at radius 1 is 1.09 bits per heavy atom. The largest absolute Gasteiger partial charge is 0.496 e. The zero-order valence-electron chi connectivity index (χ0n) is 14.8. The van der Waals surface area contributed by atoms with Gasteiger partial charge in [0.15, 0.2) is 0 Å². The summed E-state index contributed by atoms with van der Waals surface area (Å²) in [4.78, 5) is 5.24. The summed E-state index contributed by atoms with van der Waals surface area (Å²) < 4.78 is 5.50. The molecule has 2 aliphatic heterocycles. The quantitative estimate of drug-likeness (QED) is 0.799. The molecule has 1 aromatic carbocycles. The minimum absolute atomic E-state index is 0.816. The normalized spacial score (nSPS) is 24.2. The lowest BCUT2D eigenvalue weighted by atomic mass is 9.89. The second-order valence-electron chi connectivity index (χ2n) is 7.37. The number of ether oxygens (including phenoxy) is 1. The molecule has 3 heteroatoms. The second-order valence-corrected chi connectivity index (χ2v) is 7.37. The molecule has 0 amide bonds. The first-order valence-electron chi connectivity index (χ1n) is 9.30. The SMILES string of the molecule is COc1ccccc1CC1CCN(CCC2CCCN2C)CC1. The molecule has 0 aliphatic carbocycles. The van der Waals surface area contributed by atoms with Gasteiger partial charge in [-0.3, -0.25) is 0 Å². The standard InChI is InChI=1S/C20H32N2O/c1-21-12-5-7-19(21)11-15-22-13-9-17(10-14-22)16-18-6-3-4-8-20(18)23-2/h3-4,6,8,17,19H,5,7,9-16H2,1-2H3. The third kappa shape index (κ3) is 4.48. The highest BCUT2D eigenvalue weighted by Gasteiger charge is 2.24. The van der Waals surface area contributed by atoms with Gasteiger partial charge in [0.05, 0.1) is 7.11 Å². The van der Waals surface area contributed by atoms with E-state index in [0.29, 0.717) is 0 Å². The topological polar surface area (TPSA) is 15.7 Å². The number of benzene rings is 1. The fourth-order valence-electron chi connectivity index (χ4n) is 4.27. The third-order valence-corrected chi connectivity index (χ3v) is 5.86. The van der Waals surface area contributed by atoms with Crippen LogP contribution in [0.1, 0.15) is 37.7 Å². The summed E-state index contributed by atoms with van der Waals surface area (Å²) in [5.74, 6) is 1.87. The maximum absolute atomic E-state index is 5.50. The molecule has 0 N–H and O–H groups in total. The molecule has 0 saturated carbocycles. The van der Waals surface area contributed by atoms with E-state index in [-0.39, 0.29) is 0 Å². The lowest BCUT2D eigenvalue weighted by molar-refractivity contribution is 0.165. The van der Waals surface area contributed by atoms with E-state index in [0.717, 1.165) is 17.7 Å². The monoisotopic (exact) mass is 316 g/mol. The summed E-state index contributed by atoms with van der Waals surface area (Å²) in [5.41, 5.74) is 1.38. The Labute approximate surface area is 141 Å². The van der Waals surface area contributed by atoms with E-state index in [1.807, 2.05) is 0 Å². The van der Waals surface area contributed by atoms with Crippen molar-refractivity contribution in [1.29, 1.82) is 0 Å². The molecule has 2 aliphatic rings. The smallest absolute Gasteiger partial charge is 0.122 e. The maximum atomic E-state index is 5.50. The first kappa shape index (κ1) is 16.8. The number of likely N-dealkylation sites (tertiary alicyclic amines) is 2. The molecule has 1 atom stereocenters. The van der Waals surface area contributed by atoms with E-state index < -0.39 is 0 Å². The van der Waals surface area contributed by atoms with E-state index >= 15 is 0 Å². The molecule has 1 unspecified atom stereocenters. The molecule has 0 bridgehead atoms. The van der Waals surface area contributed by atoms with Crippen molar-refractivity contribution in [2.24, 2.45) is 5.92 Å². The van der Waals surface area contributed by atoms with Crippen molar-refractivity contribution in [1.82, 2.24) is 9.80 Å². The number of methoxy groups -OCH3 is 1. The average Bonchev–Trinajstić information content (AvgIpc) is 3.00. The lowest BCUT2D eigenvalue weighted by Gasteiger charge is -2.33. The van der Waals surface area contributed by atoms with Crippen LogP contribution >= 0.6 is 0 Å². The van der Waals surface area contributed by atoms with Crippen molar-refractivity contribution >= 4 is 0 Å². The van der Waals surface area contributed by atoms with E-state index in [1.54, 1.807) is 7.11 Å². The Bertz CT molecular complexity index is 482. The summed E-state index contributed by atoms with van der Waals surface area (Å²) in [7, 11) is 4.07. The van der Waals surface area contributed by atoms with Gasteiger partial charge in [0, 0.05) is 6.04 Å². The molecular formula is C20H32N2O. The minimum atomic E-state index is 0.816. The van der Waals surface area contributed by atoms with Crippen molar-refractivity contribution in [2.75, 3.05) is 40.3 Å². The molecule has 2 saturated heterocycles. The van der Waals surface area contributed by atoms with Crippen LogP contribution in [0.15, 0.2) is 24.3 Å². The van der Waals surface area contributed by atoms with Crippen molar-refractivity contribution in [3.63, 3.8) is 0 Å². The minimum Gasteiger partial charge on any atom is -0.496 e. The molecule has 2 heterocycles. The summed E-state index contributed by atoms with van der Waals surface area (Å²) in [5, 5.41) is 0. The zero-order valence-corrected chi connectivity index (χ0v) is 14.8. The average molecular weight is 316 g/mol. The Kier molecular flexibility index (Phi) is 5.96. The fraction of sp³-hybridized carbons (Fsp3) is 0.700. The van der Waals surface area contributed by atoms with Crippen LogP contribution in [0.4, 0.5) is 0 Å². The third-order valence-electron chi connectivity index (χ3n) is 5.86. The molecule has 128 valence electrons. The fourth-order valence-corrected chi connectivity index (χ4v) is 4.27. The number of hydrogen-bond donors (Lipinski definition) is 0. The molecule has 23 heavy (non-hydrogen) atoms. The van der Waals surface area contributed by atoms with Crippen molar-refractivity contribution in [3.8, 4) is 5.75 Å². The molecule has 0 radical (unpaired) electrons. The number of piperidine rings is 1. The van der Waals surface area contributed by atoms with Crippen molar-refractivity contribution < 1.29 is 4.74 Å². The molecular weight excluding hydrogens is 284 g/mol. The molecule has 2 fully saturated rings. The van der Waals surface area contributed by atoms with Crippen LogP contribution < -0.4 is 4.74 Å². The number of hydrogen-bond acceptors (Lipinski definition) is 3. The van der Waals surface area contributed by atoms with Gasteiger partial charge in [-0.15, -0.1) is 0 Å². The van der Waals surface area contributed by atoms with Crippen molar-refractivity contribution in [2.45, 2.75) is 44.6 Å². The molecule has 0 spiro atoms. The number of nitrogens with zero attached hydrogens (tertiary/aromatic N) is 2. The summed E-state index contributed by atoms with van der Waals surface area (Å²) >= 11 is 0. The van der Waals surface area contributed by atoms with E-state index in [9.17, 15) is 0 Å². The number of para-hydroxylation sites is 1. The van der Waals surface area contributed by atoms with Gasteiger partial charge in [0.2, 0.25) is 0 Å². The van der Waals surface area contributed by atoms with Gasteiger partial charge >= 0.3 is 0 Å². The zero-order chi connectivity index (χ0) is 16.1. The highest BCUT2D eigenvalue weighted by Crippen LogP contribution is 2.27. The van der Waals surface area contributed by atoms with Crippen LogP contribution in [0.25, 0.3) is 0 Å². The Morgan fingerprint density at radius 2 is 1.87 bits per heavy atom. The first-order chi connectivity index (χ1) is 11.3. The van der Waals surface area contributed by atoms with Crippen LogP contribution in [-0.2, 0) is 6.42 Å². The van der Waals surface area contributed by atoms with E-state index in [1.165, 1.54) is 70.3 Å². The molecule has 1 aromatic rings. The summed E-state index contributed by atoms with van der Waals surface area (Å²) in [6.07, 6.45) is 7.98. The van der Waals surface area contributed by atoms with Crippen LogP contribution in [0, 0.1) is 5.92 Å². The van der Waals surface area contributed by atoms with Gasteiger partial charge < -0.3 is 14.5 Å². The van der Waals surface area contributed by atoms with E-state index in [4.69, 9.17) is 4.74 Å². The van der Waals surface area contributed by atoms with Gasteiger partial charge in [0.1, 0.15) is 5.75 Å². The second kappa shape index (κ2) is 8.16. The molecule has 3 nitrogen and oxygen atoms in total. The predicted molar refractivity (Wildman–Crippen MR) is 96.1 cm³/mol. The first-order valence-corrected chi connectivity index (χ1v) is 9.30. The Morgan fingerprint density at radius 3 is 2.57 bits per heavy atom. The highest BCUT2D eigenvalue weighted by atomic mass is 16.5. The molecule has 0 aromatic heterocycles. The van der Waals surface area contributed by atoms with Crippen LogP contribution in [-0.4, -0.2) is 56.2 Å². The Hall–Kier alpha value is -1.06. The van der Waals surface area contributed by atoms with Gasteiger partial charge in [-0.25, -0.2) is 0 Å². The van der Waals surface area contributed by atoms with Gasteiger partial charge in [-0.05, 0) is 89.3 Å². The highest BCUT2D eigenvalue weighted by molar-refractivity contribution is 5.33. The predicted octanol–water partition coefficient (Wildman–Crippen LogP) is 3.43.